The molecule has 1 heterocycles. The Bertz CT molecular complexity index is 521. The first-order valence-corrected chi connectivity index (χ1v) is 5.79. The molecule has 0 radical (unpaired) electrons. The lowest BCUT2D eigenvalue weighted by molar-refractivity contribution is -0.110. The van der Waals surface area contributed by atoms with Gasteiger partial charge in [0.05, 0.1) is 23.7 Å². The van der Waals surface area contributed by atoms with E-state index in [4.69, 9.17) is 5.11 Å². The molecule has 0 fully saturated rings. The van der Waals surface area contributed by atoms with Crippen LogP contribution in [0.25, 0.3) is 0 Å². The van der Waals surface area contributed by atoms with E-state index in [0.717, 1.165) is 0 Å². The first kappa shape index (κ1) is 10.1. The molecule has 1 aliphatic heterocycles. The number of hydrogen-bond acceptors (Lipinski definition) is 5. The minimum Gasteiger partial charge on any atom is -0.392 e. The fourth-order valence-corrected chi connectivity index (χ4v) is 2.66. The highest BCUT2D eigenvalue weighted by Crippen LogP contribution is 2.27. The highest BCUT2D eigenvalue weighted by Gasteiger charge is 2.31. The van der Waals surface area contributed by atoms with E-state index >= 15 is 0 Å². The minimum absolute atomic E-state index is 0.0506. The van der Waals surface area contributed by atoms with Crippen LogP contribution >= 0.6 is 0 Å². The minimum atomic E-state index is -3.87. The smallest absolute Gasteiger partial charge is 0.270 e. The fourth-order valence-electron chi connectivity index (χ4n) is 1.42. The molecule has 2 N–H and O–H groups in total. The number of nitrogens with one attached hydrogen (secondary N) is 1. The predicted molar refractivity (Wildman–Crippen MR) is 53.0 cm³/mol. The van der Waals surface area contributed by atoms with Crippen molar-refractivity contribution >= 4 is 20.6 Å². The Morgan fingerprint density at radius 2 is 2.13 bits per heavy atom. The molecule has 0 bridgehead atoms. The van der Waals surface area contributed by atoms with Crippen LogP contribution in [0.5, 0.6) is 0 Å². The van der Waals surface area contributed by atoms with Crippen molar-refractivity contribution in [1.29, 1.82) is 0 Å². The number of anilines is 1. The molecule has 0 aromatic heterocycles. The molecule has 0 saturated carbocycles. The number of carbonyl (C=O) groups excluding carboxylic acids is 1. The van der Waals surface area contributed by atoms with E-state index in [1.54, 1.807) is 12.1 Å². The maximum atomic E-state index is 11.6. The van der Waals surface area contributed by atoms with E-state index in [9.17, 15) is 13.2 Å². The number of aliphatic hydroxyl groups is 1. The zero-order valence-electron chi connectivity index (χ0n) is 7.73. The molecular formula is C9H9NO4S. The Kier molecular flexibility index (Phi) is 2.24. The molecule has 80 valence electrons. The highest BCUT2D eigenvalue weighted by atomic mass is 32.2. The third kappa shape index (κ3) is 1.51. The lowest BCUT2D eigenvalue weighted by Crippen LogP contribution is -2.29. The second kappa shape index (κ2) is 3.32. The summed E-state index contributed by atoms with van der Waals surface area (Å²) in [5.41, 5.74) is 0.876. The molecule has 0 atom stereocenters. The van der Waals surface area contributed by atoms with Gasteiger partial charge in [-0.1, -0.05) is 6.07 Å². The van der Waals surface area contributed by atoms with Crippen molar-refractivity contribution in [3.8, 4) is 0 Å². The monoisotopic (exact) mass is 227 g/mol. The molecule has 0 unspecified atom stereocenters. The van der Waals surface area contributed by atoms with Crippen molar-refractivity contribution in [1.82, 2.24) is 0 Å². The average Bonchev–Trinajstić information content (AvgIpc) is 2.24. The number of benzene rings is 1. The standard InChI is InChI=1S/C9H9NO4S/c11-5-6-1-2-7-8(3-6)15(13,14)9(12)4-10-7/h1-3,10-11H,4-5H2. The molecule has 0 amide bonds. The summed E-state index contributed by atoms with van der Waals surface area (Å²) in [4.78, 5) is 11.1. The Hall–Kier alpha value is -1.40. The van der Waals surface area contributed by atoms with E-state index in [1.165, 1.54) is 6.07 Å². The average molecular weight is 227 g/mol. The van der Waals surface area contributed by atoms with Gasteiger partial charge in [0.2, 0.25) is 9.84 Å². The molecular weight excluding hydrogens is 218 g/mol. The van der Waals surface area contributed by atoms with Crippen molar-refractivity contribution in [3.63, 3.8) is 0 Å². The summed E-state index contributed by atoms with van der Waals surface area (Å²) in [5, 5.41) is 10.7. The summed E-state index contributed by atoms with van der Waals surface area (Å²) >= 11 is 0. The van der Waals surface area contributed by atoms with E-state index < -0.39 is 15.0 Å². The molecule has 1 aromatic rings. The van der Waals surface area contributed by atoms with Gasteiger partial charge in [0.25, 0.3) is 5.12 Å². The summed E-state index contributed by atoms with van der Waals surface area (Å²) in [6.07, 6.45) is 0. The quantitative estimate of drug-likeness (QED) is 0.700. The van der Waals surface area contributed by atoms with Crippen LogP contribution < -0.4 is 5.32 Å². The number of fused-ring (bicyclic) bond motifs is 1. The van der Waals surface area contributed by atoms with Gasteiger partial charge in [-0.05, 0) is 17.7 Å². The molecule has 5 nitrogen and oxygen atoms in total. The number of hydrogen-bond donors (Lipinski definition) is 2. The van der Waals surface area contributed by atoms with Gasteiger partial charge in [-0.2, -0.15) is 0 Å². The Morgan fingerprint density at radius 3 is 2.80 bits per heavy atom. The van der Waals surface area contributed by atoms with Crippen LogP contribution in [0.4, 0.5) is 5.69 Å². The number of sulfone groups is 1. The molecule has 0 saturated heterocycles. The van der Waals surface area contributed by atoms with Gasteiger partial charge in [-0.3, -0.25) is 4.79 Å². The van der Waals surface area contributed by atoms with E-state index in [0.29, 0.717) is 11.3 Å². The van der Waals surface area contributed by atoms with Crippen LogP contribution in [0, 0.1) is 0 Å². The van der Waals surface area contributed by atoms with E-state index in [1.807, 2.05) is 0 Å². The van der Waals surface area contributed by atoms with Gasteiger partial charge in [-0.15, -0.1) is 0 Å². The van der Waals surface area contributed by atoms with Crippen molar-refractivity contribution in [2.45, 2.75) is 11.5 Å². The van der Waals surface area contributed by atoms with Crippen LogP contribution in [-0.4, -0.2) is 25.2 Å². The van der Waals surface area contributed by atoms with Crippen molar-refractivity contribution in [2.24, 2.45) is 0 Å². The zero-order chi connectivity index (χ0) is 11.1. The molecule has 2 rings (SSSR count). The van der Waals surface area contributed by atoms with Crippen LogP contribution in [0.15, 0.2) is 23.1 Å². The SMILES string of the molecule is O=C1CNc2ccc(CO)cc2S1(=O)=O. The lowest BCUT2D eigenvalue weighted by Gasteiger charge is -2.17. The summed E-state index contributed by atoms with van der Waals surface area (Å²) < 4.78 is 23.2. The summed E-state index contributed by atoms with van der Waals surface area (Å²) in [6, 6.07) is 4.47. The summed E-state index contributed by atoms with van der Waals surface area (Å²) in [7, 11) is -3.87. The van der Waals surface area contributed by atoms with Crippen LogP contribution in [0.1, 0.15) is 5.56 Å². The topological polar surface area (TPSA) is 83.5 Å². The molecule has 0 aliphatic carbocycles. The maximum Gasteiger partial charge on any atom is 0.270 e. The second-order valence-corrected chi connectivity index (χ2v) is 5.12. The van der Waals surface area contributed by atoms with E-state index in [2.05, 4.69) is 5.32 Å². The Balaban J connectivity index is 2.67. The third-order valence-electron chi connectivity index (χ3n) is 2.24. The van der Waals surface area contributed by atoms with Gasteiger partial charge >= 0.3 is 0 Å². The third-order valence-corrected chi connectivity index (χ3v) is 3.90. The molecule has 1 aliphatic rings. The van der Waals surface area contributed by atoms with Crippen molar-refractivity contribution in [2.75, 3.05) is 11.9 Å². The van der Waals surface area contributed by atoms with Gasteiger partial charge in [0, 0.05) is 0 Å². The van der Waals surface area contributed by atoms with Gasteiger partial charge in [0.15, 0.2) is 0 Å². The summed E-state index contributed by atoms with van der Waals surface area (Å²) in [6.45, 7) is -0.454. The van der Waals surface area contributed by atoms with Gasteiger partial charge in [0.1, 0.15) is 0 Å². The van der Waals surface area contributed by atoms with Gasteiger partial charge in [-0.25, -0.2) is 8.42 Å². The van der Waals surface area contributed by atoms with Crippen LogP contribution in [-0.2, 0) is 21.2 Å². The van der Waals surface area contributed by atoms with Crippen molar-refractivity contribution < 1.29 is 18.3 Å². The molecule has 15 heavy (non-hydrogen) atoms. The fraction of sp³-hybridized carbons (Fsp3) is 0.222. The van der Waals surface area contributed by atoms with Crippen LogP contribution in [0.3, 0.4) is 0 Å². The highest BCUT2D eigenvalue weighted by molar-refractivity contribution is 8.06. The van der Waals surface area contributed by atoms with E-state index in [-0.39, 0.29) is 18.0 Å². The maximum absolute atomic E-state index is 11.6. The largest absolute Gasteiger partial charge is 0.392 e. The second-order valence-electron chi connectivity index (χ2n) is 3.22. The number of aliphatic hydroxyl groups excluding tert-OH is 1. The first-order valence-electron chi connectivity index (χ1n) is 4.31. The normalized spacial score (nSPS) is 18.1. The molecule has 6 heteroatoms. The molecule has 0 spiro atoms. The number of rotatable bonds is 1. The first-order chi connectivity index (χ1) is 7.05. The number of carbonyl (C=O) groups is 1. The summed E-state index contributed by atoms with van der Waals surface area (Å²) in [5.74, 6) is 0. The Morgan fingerprint density at radius 1 is 1.40 bits per heavy atom. The predicted octanol–water partition coefficient (Wildman–Crippen LogP) is -0.0953. The Labute approximate surface area is 86.7 Å². The van der Waals surface area contributed by atoms with Gasteiger partial charge < -0.3 is 10.4 Å². The lowest BCUT2D eigenvalue weighted by atomic mass is 10.2. The zero-order valence-corrected chi connectivity index (χ0v) is 8.54. The van der Waals surface area contributed by atoms with Crippen molar-refractivity contribution in [3.05, 3.63) is 23.8 Å². The molecule has 1 aromatic carbocycles. The van der Waals surface area contributed by atoms with Crippen LogP contribution in [0.2, 0.25) is 0 Å².